The van der Waals surface area contributed by atoms with Crippen molar-refractivity contribution in [3.05, 3.63) is 57.6 Å². The zero-order valence-electron chi connectivity index (χ0n) is 12.5. The molecule has 24 heavy (non-hydrogen) atoms. The third-order valence-corrected chi connectivity index (χ3v) is 3.04. The Balaban J connectivity index is 2.13. The van der Waals surface area contributed by atoms with Gasteiger partial charge in [0.25, 0.3) is 11.6 Å². The summed E-state index contributed by atoms with van der Waals surface area (Å²) in [6.45, 7) is 0. The van der Waals surface area contributed by atoms with Crippen molar-refractivity contribution in [1.82, 2.24) is 5.43 Å². The molecule has 3 N–H and O–H groups in total. The van der Waals surface area contributed by atoms with Crippen LogP contribution in [0.1, 0.15) is 15.9 Å². The number of nitro groups is 1. The third-order valence-electron chi connectivity index (χ3n) is 3.04. The van der Waals surface area contributed by atoms with E-state index in [1.807, 2.05) is 0 Å². The van der Waals surface area contributed by atoms with Crippen LogP contribution in [0, 0.1) is 10.1 Å². The van der Waals surface area contributed by atoms with Crippen molar-refractivity contribution in [3.63, 3.8) is 0 Å². The molecule has 0 spiro atoms. The number of phenolic OH excluding ortho intramolecular Hbond substituents is 2. The van der Waals surface area contributed by atoms with Gasteiger partial charge in [0.2, 0.25) is 0 Å². The fourth-order valence-electron chi connectivity index (χ4n) is 1.81. The molecule has 9 nitrogen and oxygen atoms in total. The van der Waals surface area contributed by atoms with Gasteiger partial charge in [-0.2, -0.15) is 5.10 Å². The molecule has 0 saturated heterocycles. The summed E-state index contributed by atoms with van der Waals surface area (Å²) >= 11 is 0. The SMILES string of the molecule is COc1ccc(C(=O)N/N=C\c2cc([N+](=O)[O-])ccc2O)c(O)c1. The molecule has 0 aliphatic heterocycles. The van der Waals surface area contributed by atoms with Gasteiger partial charge in [-0.15, -0.1) is 0 Å². The van der Waals surface area contributed by atoms with Crippen molar-refractivity contribution in [2.24, 2.45) is 5.10 Å². The number of amides is 1. The van der Waals surface area contributed by atoms with Crippen LogP contribution < -0.4 is 10.2 Å². The molecule has 0 saturated carbocycles. The molecule has 0 radical (unpaired) electrons. The number of nitrogens with one attached hydrogen (secondary N) is 1. The average molecular weight is 331 g/mol. The van der Waals surface area contributed by atoms with E-state index in [0.29, 0.717) is 5.75 Å². The summed E-state index contributed by atoms with van der Waals surface area (Å²) in [5.41, 5.74) is 1.95. The Bertz CT molecular complexity index is 819. The quantitative estimate of drug-likeness (QED) is 0.434. The summed E-state index contributed by atoms with van der Waals surface area (Å²) in [5, 5.41) is 33.7. The standard InChI is InChI=1S/C15H13N3O6/c1-24-11-3-4-12(14(20)7-11)15(21)17-16-8-9-6-10(18(22)23)2-5-13(9)19/h2-8,19-20H,1H3,(H,17,21)/b16-8-. The summed E-state index contributed by atoms with van der Waals surface area (Å²) in [5.74, 6) is -0.837. The van der Waals surface area contributed by atoms with Crippen molar-refractivity contribution in [2.75, 3.05) is 7.11 Å². The molecule has 1 amide bonds. The van der Waals surface area contributed by atoms with E-state index < -0.39 is 10.8 Å². The van der Waals surface area contributed by atoms with E-state index in [1.165, 1.54) is 25.3 Å². The fraction of sp³-hybridized carbons (Fsp3) is 0.0667. The molecule has 0 heterocycles. The summed E-state index contributed by atoms with van der Waals surface area (Å²) in [6, 6.07) is 7.51. The molecule has 2 rings (SSSR count). The Kier molecular flexibility index (Phi) is 4.95. The Hall–Kier alpha value is -3.62. The molecule has 2 aromatic rings. The average Bonchev–Trinajstić information content (AvgIpc) is 2.55. The van der Waals surface area contributed by atoms with Crippen LogP contribution in [0.5, 0.6) is 17.2 Å². The minimum atomic E-state index is -0.698. The van der Waals surface area contributed by atoms with Gasteiger partial charge in [0.1, 0.15) is 17.2 Å². The number of carbonyl (C=O) groups is 1. The lowest BCUT2D eigenvalue weighted by molar-refractivity contribution is -0.384. The number of hydrazone groups is 1. The first-order valence-corrected chi connectivity index (χ1v) is 6.60. The number of aromatic hydroxyl groups is 2. The first kappa shape index (κ1) is 16.7. The molecule has 0 aliphatic carbocycles. The predicted molar refractivity (Wildman–Crippen MR) is 84.5 cm³/mol. The van der Waals surface area contributed by atoms with Gasteiger partial charge in [-0.1, -0.05) is 0 Å². The fourth-order valence-corrected chi connectivity index (χ4v) is 1.81. The molecular formula is C15H13N3O6. The highest BCUT2D eigenvalue weighted by atomic mass is 16.6. The molecule has 0 bridgehead atoms. The largest absolute Gasteiger partial charge is 0.507 e. The van der Waals surface area contributed by atoms with Gasteiger partial charge in [-0.05, 0) is 18.2 Å². The number of methoxy groups -OCH3 is 1. The van der Waals surface area contributed by atoms with Crippen molar-refractivity contribution < 1.29 is 24.7 Å². The second kappa shape index (κ2) is 7.09. The number of hydrogen-bond donors (Lipinski definition) is 3. The Morgan fingerprint density at radius 1 is 1.25 bits per heavy atom. The van der Waals surface area contributed by atoms with E-state index in [9.17, 15) is 25.1 Å². The zero-order chi connectivity index (χ0) is 17.7. The van der Waals surface area contributed by atoms with Crippen molar-refractivity contribution >= 4 is 17.8 Å². The number of benzene rings is 2. The van der Waals surface area contributed by atoms with Gasteiger partial charge in [0, 0.05) is 23.8 Å². The van der Waals surface area contributed by atoms with Crippen LogP contribution in [0.15, 0.2) is 41.5 Å². The van der Waals surface area contributed by atoms with Crippen LogP contribution in [0.4, 0.5) is 5.69 Å². The van der Waals surface area contributed by atoms with Gasteiger partial charge < -0.3 is 14.9 Å². The highest BCUT2D eigenvalue weighted by Gasteiger charge is 2.12. The van der Waals surface area contributed by atoms with E-state index in [0.717, 1.165) is 24.4 Å². The van der Waals surface area contributed by atoms with Gasteiger partial charge >= 0.3 is 0 Å². The van der Waals surface area contributed by atoms with E-state index in [1.54, 1.807) is 0 Å². The predicted octanol–water partition coefficient (Wildman–Crippen LogP) is 1.78. The maximum atomic E-state index is 11.9. The molecule has 9 heteroatoms. The Labute approximate surface area is 136 Å². The monoisotopic (exact) mass is 331 g/mol. The van der Waals surface area contributed by atoms with Gasteiger partial charge in [0.05, 0.1) is 23.8 Å². The normalized spacial score (nSPS) is 10.5. The number of phenols is 2. The number of nitrogens with zero attached hydrogens (tertiary/aromatic N) is 2. The van der Waals surface area contributed by atoms with Gasteiger partial charge in [-0.3, -0.25) is 14.9 Å². The van der Waals surface area contributed by atoms with Crippen LogP contribution in [-0.2, 0) is 0 Å². The number of hydrogen-bond acceptors (Lipinski definition) is 7. The second-order valence-corrected chi connectivity index (χ2v) is 4.58. The summed E-state index contributed by atoms with van der Waals surface area (Å²) in [4.78, 5) is 22.0. The van der Waals surface area contributed by atoms with E-state index in [2.05, 4.69) is 10.5 Å². The summed E-state index contributed by atoms with van der Waals surface area (Å²) in [6.07, 6.45) is 1.06. The molecule has 0 atom stereocenters. The number of rotatable bonds is 5. The van der Waals surface area contributed by atoms with Crippen molar-refractivity contribution in [2.45, 2.75) is 0 Å². The van der Waals surface area contributed by atoms with Crippen molar-refractivity contribution in [3.8, 4) is 17.2 Å². The number of ether oxygens (including phenoxy) is 1. The molecule has 0 unspecified atom stereocenters. The number of carbonyl (C=O) groups excluding carboxylic acids is 1. The topological polar surface area (TPSA) is 134 Å². The van der Waals surface area contributed by atoms with Crippen LogP contribution in [0.25, 0.3) is 0 Å². The lowest BCUT2D eigenvalue weighted by Gasteiger charge is -2.05. The smallest absolute Gasteiger partial charge is 0.275 e. The molecular weight excluding hydrogens is 318 g/mol. The lowest BCUT2D eigenvalue weighted by atomic mass is 10.2. The highest BCUT2D eigenvalue weighted by molar-refractivity contribution is 5.97. The van der Waals surface area contributed by atoms with Crippen LogP contribution in [0.3, 0.4) is 0 Å². The third kappa shape index (κ3) is 3.77. The Morgan fingerprint density at radius 2 is 2.00 bits per heavy atom. The minimum Gasteiger partial charge on any atom is -0.507 e. The van der Waals surface area contributed by atoms with E-state index >= 15 is 0 Å². The molecule has 0 aromatic heterocycles. The molecule has 0 aliphatic rings. The first-order chi connectivity index (χ1) is 11.4. The molecule has 0 fully saturated rings. The lowest BCUT2D eigenvalue weighted by Crippen LogP contribution is -2.17. The zero-order valence-corrected chi connectivity index (χ0v) is 12.5. The summed E-state index contributed by atoms with van der Waals surface area (Å²) < 4.78 is 4.91. The summed E-state index contributed by atoms with van der Waals surface area (Å²) in [7, 11) is 1.42. The number of nitro benzene ring substituents is 1. The first-order valence-electron chi connectivity index (χ1n) is 6.60. The van der Waals surface area contributed by atoms with E-state index in [-0.39, 0.29) is 28.3 Å². The second-order valence-electron chi connectivity index (χ2n) is 4.58. The van der Waals surface area contributed by atoms with Crippen LogP contribution in [-0.4, -0.2) is 34.4 Å². The molecule has 124 valence electrons. The van der Waals surface area contributed by atoms with Gasteiger partial charge in [0.15, 0.2) is 0 Å². The minimum absolute atomic E-state index is 0.0313. The van der Waals surface area contributed by atoms with Crippen LogP contribution in [0.2, 0.25) is 0 Å². The van der Waals surface area contributed by atoms with Crippen LogP contribution >= 0.6 is 0 Å². The maximum absolute atomic E-state index is 11.9. The van der Waals surface area contributed by atoms with E-state index in [4.69, 9.17) is 4.74 Å². The van der Waals surface area contributed by atoms with Gasteiger partial charge in [-0.25, -0.2) is 5.43 Å². The molecule has 2 aromatic carbocycles. The maximum Gasteiger partial charge on any atom is 0.275 e. The van der Waals surface area contributed by atoms with Crippen molar-refractivity contribution in [1.29, 1.82) is 0 Å². The highest BCUT2D eigenvalue weighted by Crippen LogP contribution is 2.23. The Morgan fingerprint density at radius 3 is 2.62 bits per heavy atom. The number of non-ortho nitro benzene ring substituents is 1.